The first-order valence-electron chi connectivity index (χ1n) is 8.28. The van der Waals surface area contributed by atoms with Crippen molar-refractivity contribution in [1.82, 2.24) is 0 Å². The van der Waals surface area contributed by atoms with Crippen molar-refractivity contribution in [2.75, 3.05) is 0 Å². The summed E-state index contributed by atoms with van der Waals surface area (Å²) in [5.74, 6) is 0. The van der Waals surface area contributed by atoms with Crippen molar-refractivity contribution in [3.05, 3.63) is 95.1 Å². The normalized spacial score (nSPS) is 14.8. The van der Waals surface area contributed by atoms with Crippen molar-refractivity contribution in [1.29, 1.82) is 0 Å². The Balaban J connectivity index is 1.49. The Kier molecular flexibility index (Phi) is 2.95. The summed E-state index contributed by atoms with van der Waals surface area (Å²) in [5.41, 5.74) is 9.51. The van der Waals surface area contributed by atoms with E-state index < -0.39 is 0 Å². The SMILES string of the molecule is c1cc(C2=Nc3ccccc3C2)cc(C2=Nc3ccccc3C2)c1. The van der Waals surface area contributed by atoms with Gasteiger partial charge < -0.3 is 0 Å². The molecule has 2 aliphatic rings. The Labute approximate surface area is 141 Å². The Morgan fingerprint density at radius 1 is 0.542 bits per heavy atom. The van der Waals surface area contributed by atoms with Crippen molar-refractivity contribution in [2.45, 2.75) is 12.8 Å². The van der Waals surface area contributed by atoms with Gasteiger partial charge in [-0.05, 0) is 40.5 Å². The zero-order valence-corrected chi connectivity index (χ0v) is 13.2. The molecule has 2 heteroatoms. The van der Waals surface area contributed by atoms with Gasteiger partial charge in [-0.25, -0.2) is 0 Å². The van der Waals surface area contributed by atoms with Crippen LogP contribution in [0, 0.1) is 0 Å². The van der Waals surface area contributed by atoms with Crippen LogP contribution in [0.4, 0.5) is 11.4 Å². The molecule has 0 unspecified atom stereocenters. The molecule has 0 amide bonds. The Bertz CT molecular complexity index is 933. The van der Waals surface area contributed by atoms with Gasteiger partial charge in [-0.15, -0.1) is 0 Å². The van der Waals surface area contributed by atoms with Crippen molar-refractivity contribution in [3.63, 3.8) is 0 Å². The third-order valence-electron chi connectivity index (χ3n) is 4.74. The number of hydrogen-bond donors (Lipinski definition) is 0. The second-order valence-electron chi connectivity index (χ2n) is 6.31. The lowest BCUT2D eigenvalue weighted by atomic mass is 9.99. The fourth-order valence-electron chi connectivity index (χ4n) is 3.48. The highest BCUT2D eigenvalue weighted by atomic mass is 14.8. The number of rotatable bonds is 2. The molecule has 2 heterocycles. The summed E-state index contributed by atoms with van der Waals surface area (Å²) in [5, 5.41) is 0. The first kappa shape index (κ1) is 13.4. The van der Waals surface area contributed by atoms with Crippen LogP contribution in [0.15, 0.2) is 82.8 Å². The standard InChI is InChI=1S/C22H16N2/c1-3-10-19-17(6-1)13-21(23-19)15-8-5-9-16(12-15)22-14-18-7-2-4-11-20(18)24-22/h1-12H,13-14H2. The van der Waals surface area contributed by atoms with Crippen LogP contribution in [0.2, 0.25) is 0 Å². The van der Waals surface area contributed by atoms with Gasteiger partial charge in [-0.2, -0.15) is 0 Å². The number of hydrogen-bond acceptors (Lipinski definition) is 2. The van der Waals surface area contributed by atoms with Gasteiger partial charge in [0.25, 0.3) is 0 Å². The average molecular weight is 308 g/mol. The maximum atomic E-state index is 4.81. The molecule has 0 saturated carbocycles. The Morgan fingerprint density at radius 2 is 1.04 bits per heavy atom. The summed E-state index contributed by atoms with van der Waals surface area (Å²) in [4.78, 5) is 9.61. The van der Waals surface area contributed by atoms with Gasteiger partial charge in [-0.1, -0.05) is 54.6 Å². The van der Waals surface area contributed by atoms with E-state index in [1.807, 2.05) is 12.1 Å². The summed E-state index contributed by atoms with van der Waals surface area (Å²) < 4.78 is 0. The zero-order chi connectivity index (χ0) is 15.9. The van der Waals surface area contributed by atoms with Crippen LogP contribution in [-0.2, 0) is 12.8 Å². The fourth-order valence-corrected chi connectivity index (χ4v) is 3.48. The second kappa shape index (κ2) is 5.27. The monoisotopic (exact) mass is 308 g/mol. The van der Waals surface area contributed by atoms with E-state index >= 15 is 0 Å². The molecule has 5 rings (SSSR count). The predicted molar refractivity (Wildman–Crippen MR) is 99.1 cm³/mol. The van der Waals surface area contributed by atoms with Gasteiger partial charge in [0.15, 0.2) is 0 Å². The minimum Gasteiger partial charge on any atom is -0.252 e. The summed E-state index contributed by atoms with van der Waals surface area (Å²) >= 11 is 0. The van der Waals surface area contributed by atoms with E-state index in [-0.39, 0.29) is 0 Å². The molecule has 114 valence electrons. The Hall–Kier alpha value is -3.00. The van der Waals surface area contributed by atoms with Crippen LogP contribution in [0.5, 0.6) is 0 Å². The molecule has 24 heavy (non-hydrogen) atoms. The molecule has 0 bridgehead atoms. The number of fused-ring (bicyclic) bond motifs is 2. The summed E-state index contributed by atoms with van der Waals surface area (Å²) in [6, 6.07) is 25.4. The van der Waals surface area contributed by atoms with Gasteiger partial charge in [0.05, 0.1) is 22.8 Å². The molecule has 0 spiro atoms. The minimum atomic E-state index is 0.909. The van der Waals surface area contributed by atoms with Gasteiger partial charge in [-0.3, -0.25) is 9.98 Å². The number of benzene rings is 3. The largest absolute Gasteiger partial charge is 0.252 e. The maximum absolute atomic E-state index is 4.81. The molecule has 0 N–H and O–H groups in total. The third kappa shape index (κ3) is 2.19. The first-order valence-corrected chi connectivity index (χ1v) is 8.28. The zero-order valence-electron chi connectivity index (χ0n) is 13.2. The van der Waals surface area contributed by atoms with Crippen molar-refractivity contribution < 1.29 is 0 Å². The molecule has 0 aromatic heterocycles. The third-order valence-corrected chi connectivity index (χ3v) is 4.74. The fraction of sp³-hybridized carbons (Fsp3) is 0.0909. The number of aliphatic imine (C=N–C) groups is 2. The van der Waals surface area contributed by atoms with Crippen LogP contribution in [0.3, 0.4) is 0 Å². The molecular weight excluding hydrogens is 292 g/mol. The summed E-state index contributed by atoms with van der Waals surface area (Å²) in [7, 11) is 0. The minimum absolute atomic E-state index is 0.909. The first-order chi connectivity index (χ1) is 11.9. The lowest BCUT2D eigenvalue weighted by molar-refractivity contribution is 1.37. The lowest BCUT2D eigenvalue weighted by Crippen LogP contribution is -2.05. The Morgan fingerprint density at radius 3 is 1.54 bits per heavy atom. The summed E-state index contributed by atoms with van der Waals surface area (Å²) in [6.07, 6.45) is 1.82. The van der Waals surface area contributed by atoms with Crippen molar-refractivity contribution in [3.8, 4) is 0 Å². The van der Waals surface area contributed by atoms with E-state index in [1.165, 1.54) is 22.3 Å². The van der Waals surface area contributed by atoms with E-state index in [0.717, 1.165) is 35.6 Å². The highest BCUT2D eigenvalue weighted by Gasteiger charge is 2.18. The van der Waals surface area contributed by atoms with Crippen LogP contribution in [-0.4, -0.2) is 11.4 Å². The molecule has 3 aromatic rings. The van der Waals surface area contributed by atoms with E-state index in [2.05, 4.69) is 60.7 Å². The molecule has 0 fully saturated rings. The maximum Gasteiger partial charge on any atom is 0.0669 e. The van der Waals surface area contributed by atoms with Crippen LogP contribution in [0.25, 0.3) is 0 Å². The van der Waals surface area contributed by atoms with Gasteiger partial charge in [0, 0.05) is 12.8 Å². The van der Waals surface area contributed by atoms with E-state index in [4.69, 9.17) is 9.98 Å². The van der Waals surface area contributed by atoms with Crippen LogP contribution >= 0.6 is 0 Å². The highest BCUT2D eigenvalue weighted by molar-refractivity contribution is 6.10. The quantitative estimate of drug-likeness (QED) is 0.633. The lowest BCUT2D eigenvalue weighted by Gasteiger charge is -2.05. The molecule has 0 atom stereocenters. The van der Waals surface area contributed by atoms with Gasteiger partial charge >= 0.3 is 0 Å². The van der Waals surface area contributed by atoms with E-state index in [1.54, 1.807) is 0 Å². The molecule has 0 saturated heterocycles. The molecule has 2 nitrogen and oxygen atoms in total. The van der Waals surface area contributed by atoms with Crippen LogP contribution in [0.1, 0.15) is 22.3 Å². The molecule has 3 aromatic carbocycles. The van der Waals surface area contributed by atoms with Crippen LogP contribution < -0.4 is 0 Å². The molecule has 2 aliphatic heterocycles. The van der Waals surface area contributed by atoms with Crippen molar-refractivity contribution >= 4 is 22.8 Å². The molecular formula is C22H16N2. The average Bonchev–Trinajstić information content (AvgIpc) is 3.26. The second-order valence-corrected chi connectivity index (χ2v) is 6.31. The predicted octanol–water partition coefficient (Wildman–Crippen LogP) is 5.04. The van der Waals surface area contributed by atoms with Gasteiger partial charge in [0.1, 0.15) is 0 Å². The topological polar surface area (TPSA) is 24.7 Å². The van der Waals surface area contributed by atoms with Crippen molar-refractivity contribution in [2.24, 2.45) is 9.98 Å². The van der Waals surface area contributed by atoms with Gasteiger partial charge in [0.2, 0.25) is 0 Å². The van der Waals surface area contributed by atoms with E-state index in [0.29, 0.717) is 0 Å². The smallest absolute Gasteiger partial charge is 0.0669 e. The molecule has 0 radical (unpaired) electrons. The summed E-state index contributed by atoms with van der Waals surface area (Å²) in [6.45, 7) is 0. The number of para-hydroxylation sites is 2. The number of nitrogens with zero attached hydrogens (tertiary/aromatic N) is 2. The highest BCUT2D eigenvalue weighted by Crippen LogP contribution is 2.31. The van der Waals surface area contributed by atoms with E-state index in [9.17, 15) is 0 Å². The molecule has 0 aliphatic carbocycles.